The van der Waals surface area contributed by atoms with Crippen LogP contribution < -0.4 is 10.1 Å². The van der Waals surface area contributed by atoms with Crippen molar-refractivity contribution in [2.45, 2.75) is 19.9 Å². The van der Waals surface area contributed by atoms with Gasteiger partial charge in [0.25, 0.3) is 5.91 Å². The smallest absolute Gasteiger partial charge is 0.339 e. The van der Waals surface area contributed by atoms with Gasteiger partial charge in [-0.3, -0.25) is 4.79 Å². The van der Waals surface area contributed by atoms with E-state index in [0.29, 0.717) is 5.39 Å². The molecule has 0 aliphatic heterocycles. The van der Waals surface area contributed by atoms with E-state index in [-0.39, 0.29) is 29.9 Å². The van der Waals surface area contributed by atoms with Gasteiger partial charge in [0, 0.05) is 11.4 Å². The van der Waals surface area contributed by atoms with Crippen LogP contribution in [-0.4, -0.2) is 29.6 Å². The van der Waals surface area contributed by atoms with Crippen molar-refractivity contribution in [2.24, 2.45) is 0 Å². The van der Waals surface area contributed by atoms with Gasteiger partial charge in [-0.1, -0.05) is 30.3 Å². The van der Waals surface area contributed by atoms with E-state index < -0.39 is 5.97 Å². The number of fused-ring (bicyclic) bond motifs is 1. The zero-order valence-corrected chi connectivity index (χ0v) is 11.9. The minimum atomic E-state index is -1.08. The number of hydrogen-bond donors (Lipinski definition) is 2. The van der Waals surface area contributed by atoms with Crippen molar-refractivity contribution in [3.8, 4) is 5.75 Å². The third-order valence-corrected chi connectivity index (χ3v) is 2.91. The zero-order chi connectivity index (χ0) is 15.4. The lowest BCUT2D eigenvalue weighted by molar-refractivity contribution is -0.123. The van der Waals surface area contributed by atoms with Crippen LogP contribution in [0, 0.1) is 0 Å². The first kappa shape index (κ1) is 14.8. The van der Waals surface area contributed by atoms with Gasteiger partial charge in [-0.25, -0.2) is 4.79 Å². The molecule has 0 unspecified atom stereocenters. The molecule has 0 atom stereocenters. The molecule has 21 heavy (non-hydrogen) atoms. The van der Waals surface area contributed by atoms with Crippen LogP contribution in [0.2, 0.25) is 0 Å². The Bertz CT molecular complexity index is 679. The Morgan fingerprint density at radius 2 is 1.90 bits per heavy atom. The number of amides is 1. The molecule has 0 saturated carbocycles. The number of benzene rings is 2. The molecule has 0 aliphatic rings. The second-order valence-electron chi connectivity index (χ2n) is 4.98. The van der Waals surface area contributed by atoms with Gasteiger partial charge in [0.15, 0.2) is 6.61 Å². The molecule has 0 bridgehead atoms. The summed E-state index contributed by atoms with van der Waals surface area (Å²) in [5.74, 6) is -1.14. The number of ether oxygens (including phenoxy) is 1. The van der Waals surface area contributed by atoms with E-state index >= 15 is 0 Å². The molecule has 0 saturated heterocycles. The summed E-state index contributed by atoms with van der Waals surface area (Å²) in [7, 11) is 0. The van der Waals surface area contributed by atoms with Crippen LogP contribution in [0.3, 0.4) is 0 Å². The molecule has 5 heteroatoms. The van der Waals surface area contributed by atoms with E-state index in [2.05, 4.69) is 5.32 Å². The van der Waals surface area contributed by atoms with Crippen LogP contribution in [-0.2, 0) is 4.79 Å². The van der Waals surface area contributed by atoms with Gasteiger partial charge in [0.05, 0.1) is 0 Å². The molecule has 2 rings (SSSR count). The standard InChI is InChI=1S/C16H17NO4/c1-10(2)17-14(18)9-21-15-12-6-4-3-5-11(12)7-8-13(15)16(19)20/h3-8,10H,9H2,1-2H3,(H,17,18)(H,19,20). The number of rotatable bonds is 5. The first-order valence-electron chi connectivity index (χ1n) is 6.66. The maximum Gasteiger partial charge on any atom is 0.339 e. The van der Waals surface area contributed by atoms with Crippen molar-refractivity contribution in [2.75, 3.05) is 6.61 Å². The molecule has 2 aromatic rings. The number of carbonyl (C=O) groups excluding carboxylic acids is 1. The maximum absolute atomic E-state index is 11.7. The zero-order valence-electron chi connectivity index (χ0n) is 11.9. The molecule has 0 radical (unpaired) electrons. The Morgan fingerprint density at radius 1 is 1.19 bits per heavy atom. The molecule has 5 nitrogen and oxygen atoms in total. The summed E-state index contributed by atoms with van der Waals surface area (Å²) >= 11 is 0. The minimum absolute atomic E-state index is 0.00700. The molecular weight excluding hydrogens is 270 g/mol. The third kappa shape index (κ3) is 3.51. The first-order chi connectivity index (χ1) is 9.99. The lowest BCUT2D eigenvalue weighted by Gasteiger charge is -2.13. The lowest BCUT2D eigenvalue weighted by atomic mass is 10.1. The molecule has 2 N–H and O–H groups in total. The van der Waals surface area contributed by atoms with E-state index in [1.165, 1.54) is 6.07 Å². The van der Waals surface area contributed by atoms with Crippen molar-refractivity contribution < 1.29 is 19.4 Å². The minimum Gasteiger partial charge on any atom is -0.482 e. The second kappa shape index (κ2) is 6.26. The Hall–Kier alpha value is -2.56. The van der Waals surface area contributed by atoms with Crippen LogP contribution in [0.15, 0.2) is 36.4 Å². The summed E-state index contributed by atoms with van der Waals surface area (Å²) in [6.45, 7) is 3.48. The highest BCUT2D eigenvalue weighted by Crippen LogP contribution is 2.29. The second-order valence-corrected chi connectivity index (χ2v) is 4.98. The Labute approximate surface area is 122 Å². The fourth-order valence-electron chi connectivity index (χ4n) is 2.07. The van der Waals surface area contributed by atoms with Crippen LogP contribution in [0.1, 0.15) is 24.2 Å². The summed E-state index contributed by atoms with van der Waals surface area (Å²) in [5.41, 5.74) is 0.0473. The van der Waals surface area contributed by atoms with E-state index in [9.17, 15) is 14.7 Å². The van der Waals surface area contributed by atoms with Crippen molar-refractivity contribution >= 4 is 22.6 Å². The number of carboxylic acid groups (broad SMARTS) is 1. The highest BCUT2D eigenvalue weighted by molar-refractivity contribution is 6.00. The molecule has 2 aromatic carbocycles. The SMILES string of the molecule is CC(C)NC(=O)COc1c(C(=O)O)ccc2ccccc12. The van der Waals surface area contributed by atoms with Gasteiger partial charge in [-0.2, -0.15) is 0 Å². The van der Waals surface area contributed by atoms with Crippen molar-refractivity contribution in [3.63, 3.8) is 0 Å². The first-order valence-corrected chi connectivity index (χ1v) is 6.66. The summed E-state index contributed by atoms with van der Waals surface area (Å²) in [6.07, 6.45) is 0. The number of hydrogen-bond acceptors (Lipinski definition) is 3. The average molecular weight is 287 g/mol. The Balaban J connectivity index is 2.33. The molecule has 1 amide bonds. The quantitative estimate of drug-likeness (QED) is 0.885. The van der Waals surface area contributed by atoms with Crippen molar-refractivity contribution in [1.29, 1.82) is 0 Å². The fraction of sp³-hybridized carbons (Fsp3) is 0.250. The molecule has 110 valence electrons. The van der Waals surface area contributed by atoms with Gasteiger partial charge in [0.2, 0.25) is 0 Å². The molecule has 0 aromatic heterocycles. The van der Waals surface area contributed by atoms with Crippen LogP contribution in [0.4, 0.5) is 0 Å². The highest BCUT2D eigenvalue weighted by atomic mass is 16.5. The van der Waals surface area contributed by atoms with Crippen molar-refractivity contribution in [1.82, 2.24) is 5.32 Å². The summed E-state index contributed by atoms with van der Waals surface area (Å²) in [5, 5.41) is 13.5. The van der Waals surface area contributed by atoms with E-state index in [0.717, 1.165) is 5.39 Å². The summed E-state index contributed by atoms with van der Waals surface area (Å²) < 4.78 is 5.48. The van der Waals surface area contributed by atoms with Gasteiger partial charge >= 0.3 is 5.97 Å². The van der Waals surface area contributed by atoms with E-state index in [1.807, 2.05) is 26.0 Å². The number of aromatic carboxylic acids is 1. The molecule has 0 heterocycles. The molecular formula is C16H17NO4. The number of carboxylic acids is 1. The average Bonchev–Trinajstić information content (AvgIpc) is 2.43. The van der Waals surface area contributed by atoms with Crippen LogP contribution in [0.25, 0.3) is 10.8 Å². The van der Waals surface area contributed by atoms with Crippen LogP contribution in [0.5, 0.6) is 5.75 Å². The predicted molar refractivity (Wildman–Crippen MR) is 79.7 cm³/mol. The maximum atomic E-state index is 11.7. The monoisotopic (exact) mass is 287 g/mol. The van der Waals surface area contributed by atoms with E-state index in [1.54, 1.807) is 18.2 Å². The van der Waals surface area contributed by atoms with Crippen LogP contribution >= 0.6 is 0 Å². The van der Waals surface area contributed by atoms with Gasteiger partial charge < -0.3 is 15.2 Å². The van der Waals surface area contributed by atoms with Gasteiger partial charge in [-0.15, -0.1) is 0 Å². The van der Waals surface area contributed by atoms with Gasteiger partial charge in [0.1, 0.15) is 11.3 Å². The van der Waals surface area contributed by atoms with Crippen molar-refractivity contribution in [3.05, 3.63) is 42.0 Å². The Morgan fingerprint density at radius 3 is 2.57 bits per heavy atom. The Kier molecular flexibility index (Phi) is 4.42. The number of carbonyl (C=O) groups is 2. The molecule has 0 aliphatic carbocycles. The molecule has 0 spiro atoms. The normalized spacial score (nSPS) is 10.6. The molecule has 0 fully saturated rings. The van der Waals surface area contributed by atoms with Gasteiger partial charge in [-0.05, 0) is 25.3 Å². The predicted octanol–water partition coefficient (Wildman–Crippen LogP) is 2.44. The largest absolute Gasteiger partial charge is 0.482 e. The third-order valence-electron chi connectivity index (χ3n) is 2.91. The number of nitrogens with one attached hydrogen (secondary N) is 1. The fourth-order valence-corrected chi connectivity index (χ4v) is 2.07. The summed E-state index contributed by atoms with van der Waals surface area (Å²) in [6, 6.07) is 10.5. The topological polar surface area (TPSA) is 75.6 Å². The highest BCUT2D eigenvalue weighted by Gasteiger charge is 2.16. The lowest BCUT2D eigenvalue weighted by Crippen LogP contribution is -2.34. The van der Waals surface area contributed by atoms with E-state index in [4.69, 9.17) is 4.74 Å². The summed E-state index contributed by atoms with van der Waals surface area (Å²) in [4.78, 5) is 23.0.